The van der Waals surface area contributed by atoms with Gasteiger partial charge in [-0.2, -0.15) is 5.10 Å². The van der Waals surface area contributed by atoms with Crippen LogP contribution in [0.2, 0.25) is 0 Å². The van der Waals surface area contributed by atoms with Gasteiger partial charge in [-0.3, -0.25) is 15.2 Å². The molecule has 106 valence electrons. The first-order chi connectivity index (χ1) is 10.1. The molecule has 0 fully saturated rings. The van der Waals surface area contributed by atoms with Gasteiger partial charge in [0.2, 0.25) is 0 Å². The quantitative estimate of drug-likeness (QED) is 0.415. The maximum Gasteiger partial charge on any atom is 0.273 e. The van der Waals surface area contributed by atoms with E-state index in [1.54, 1.807) is 18.2 Å². The van der Waals surface area contributed by atoms with Crippen LogP contribution in [0, 0.1) is 19.5 Å². The summed E-state index contributed by atoms with van der Waals surface area (Å²) in [5.41, 5.74) is 1.56. The fourth-order valence-corrected chi connectivity index (χ4v) is 2.73. The monoisotopic (exact) mass is 397 g/mol. The summed E-state index contributed by atoms with van der Waals surface area (Å²) in [5, 5.41) is 18.5. The summed E-state index contributed by atoms with van der Waals surface area (Å²) in [4.78, 5) is 10.7. The first-order valence-corrected chi connectivity index (χ1v) is 7.17. The normalized spacial score (nSPS) is 11.0. The lowest BCUT2D eigenvalue weighted by Gasteiger charge is -2.06. The van der Waals surface area contributed by atoms with E-state index in [0.29, 0.717) is 22.0 Å². The second kappa shape index (κ2) is 5.40. The van der Waals surface area contributed by atoms with Crippen LogP contribution in [0.4, 0.5) is 10.1 Å². The molecule has 0 bridgehead atoms. The average Bonchev–Trinajstić information content (AvgIpc) is 2.90. The molecule has 0 unspecified atom stereocenters. The van der Waals surface area contributed by atoms with E-state index in [9.17, 15) is 14.5 Å². The maximum absolute atomic E-state index is 14.0. The highest BCUT2D eigenvalue weighted by molar-refractivity contribution is 14.1. The van der Waals surface area contributed by atoms with E-state index in [2.05, 4.69) is 10.2 Å². The Morgan fingerprint density at radius 2 is 2.14 bits per heavy atom. The van der Waals surface area contributed by atoms with Crippen LogP contribution >= 0.6 is 22.6 Å². The number of halogens is 2. The summed E-state index contributed by atoms with van der Waals surface area (Å²) in [7, 11) is 0. The number of nitrogens with one attached hydrogen (secondary N) is 1. The molecule has 3 rings (SSSR count). The van der Waals surface area contributed by atoms with Crippen molar-refractivity contribution in [3.8, 4) is 0 Å². The standard InChI is InChI=1S/C14H9FIN3O2/c15-12-6-9(16)2-1-8(12)5-10-11-7-17-18-13(11)3-4-14(10)19(20)21/h1-4,6-7H,5H2,(H,17,18). The highest BCUT2D eigenvalue weighted by Crippen LogP contribution is 2.29. The third-order valence-corrected chi connectivity index (χ3v) is 3.96. The largest absolute Gasteiger partial charge is 0.278 e. The number of nitrogens with zero attached hydrogens (tertiary/aromatic N) is 2. The lowest BCUT2D eigenvalue weighted by Crippen LogP contribution is -1.99. The van der Waals surface area contributed by atoms with Crippen LogP contribution < -0.4 is 0 Å². The van der Waals surface area contributed by atoms with Crippen molar-refractivity contribution in [1.29, 1.82) is 0 Å². The Hall–Kier alpha value is -2.03. The summed E-state index contributed by atoms with van der Waals surface area (Å²) in [5.74, 6) is -0.364. The smallest absolute Gasteiger partial charge is 0.273 e. The van der Waals surface area contributed by atoms with Crippen molar-refractivity contribution in [2.24, 2.45) is 0 Å². The van der Waals surface area contributed by atoms with Gasteiger partial charge >= 0.3 is 0 Å². The number of hydrogen-bond donors (Lipinski definition) is 1. The van der Waals surface area contributed by atoms with E-state index in [1.165, 1.54) is 18.3 Å². The number of aromatic amines is 1. The molecule has 0 radical (unpaired) electrons. The number of benzene rings is 2. The molecule has 0 spiro atoms. The number of fused-ring (bicyclic) bond motifs is 1. The van der Waals surface area contributed by atoms with Gasteiger partial charge in [0.15, 0.2) is 0 Å². The minimum atomic E-state index is -0.452. The lowest BCUT2D eigenvalue weighted by atomic mass is 9.99. The van der Waals surface area contributed by atoms with Crippen molar-refractivity contribution in [3.05, 3.63) is 67.2 Å². The maximum atomic E-state index is 14.0. The van der Waals surface area contributed by atoms with Gasteiger partial charge in [0.1, 0.15) is 5.82 Å². The molecule has 0 saturated carbocycles. The summed E-state index contributed by atoms with van der Waals surface area (Å²) in [6.07, 6.45) is 1.68. The van der Waals surface area contributed by atoms with Crippen LogP contribution in [0.5, 0.6) is 0 Å². The second-order valence-electron chi connectivity index (χ2n) is 4.56. The molecule has 0 aliphatic rings. The third-order valence-electron chi connectivity index (χ3n) is 3.29. The summed E-state index contributed by atoms with van der Waals surface area (Å²) in [6.45, 7) is 0. The van der Waals surface area contributed by atoms with E-state index in [4.69, 9.17) is 0 Å². The van der Waals surface area contributed by atoms with Gasteiger partial charge in [-0.1, -0.05) is 6.07 Å². The Balaban J connectivity index is 2.16. The molecule has 1 heterocycles. The highest BCUT2D eigenvalue weighted by Gasteiger charge is 2.19. The topological polar surface area (TPSA) is 71.8 Å². The van der Waals surface area contributed by atoms with Crippen LogP contribution in [0.1, 0.15) is 11.1 Å². The van der Waals surface area contributed by atoms with Crippen molar-refractivity contribution >= 4 is 39.2 Å². The van der Waals surface area contributed by atoms with Gasteiger partial charge in [0, 0.05) is 27.0 Å². The Morgan fingerprint density at radius 3 is 2.86 bits per heavy atom. The first-order valence-electron chi connectivity index (χ1n) is 6.09. The molecule has 7 heteroatoms. The van der Waals surface area contributed by atoms with E-state index in [-0.39, 0.29) is 17.9 Å². The number of aromatic nitrogens is 2. The number of nitro groups is 1. The zero-order valence-corrected chi connectivity index (χ0v) is 12.8. The van der Waals surface area contributed by atoms with Gasteiger partial charge in [-0.15, -0.1) is 0 Å². The van der Waals surface area contributed by atoms with Crippen molar-refractivity contribution in [2.45, 2.75) is 6.42 Å². The number of rotatable bonds is 3. The highest BCUT2D eigenvalue weighted by atomic mass is 127. The van der Waals surface area contributed by atoms with E-state index >= 15 is 0 Å². The summed E-state index contributed by atoms with van der Waals surface area (Å²) in [6, 6.07) is 7.87. The average molecular weight is 397 g/mol. The Morgan fingerprint density at radius 1 is 1.33 bits per heavy atom. The molecule has 0 saturated heterocycles. The molecule has 5 nitrogen and oxygen atoms in total. The van der Waals surface area contributed by atoms with Gasteiger partial charge < -0.3 is 0 Å². The molecule has 1 N–H and O–H groups in total. The summed E-state index contributed by atoms with van der Waals surface area (Å²) >= 11 is 2.02. The molecule has 1 aromatic heterocycles. The molecular formula is C14H9FIN3O2. The molecular weight excluding hydrogens is 388 g/mol. The van der Waals surface area contributed by atoms with E-state index in [0.717, 1.165) is 3.57 Å². The SMILES string of the molecule is O=[N+]([O-])c1ccc2[nH]ncc2c1Cc1ccc(I)cc1F. The summed E-state index contributed by atoms with van der Waals surface area (Å²) < 4.78 is 14.8. The number of nitro benzene ring substituents is 1. The molecule has 0 amide bonds. The van der Waals surface area contributed by atoms with E-state index < -0.39 is 4.92 Å². The number of hydrogen-bond acceptors (Lipinski definition) is 3. The van der Waals surface area contributed by atoms with Gasteiger partial charge in [-0.05, 0) is 46.4 Å². The fraction of sp³-hybridized carbons (Fsp3) is 0.0714. The molecule has 0 aliphatic heterocycles. The third kappa shape index (κ3) is 2.60. The molecule has 0 atom stereocenters. The Kier molecular flexibility index (Phi) is 3.58. The van der Waals surface area contributed by atoms with Crippen molar-refractivity contribution in [3.63, 3.8) is 0 Å². The van der Waals surface area contributed by atoms with Crippen LogP contribution in [-0.4, -0.2) is 15.1 Å². The van der Waals surface area contributed by atoms with Crippen molar-refractivity contribution < 1.29 is 9.31 Å². The Labute approximate surface area is 132 Å². The minimum absolute atomic E-state index is 0.0261. The van der Waals surface area contributed by atoms with E-state index in [1.807, 2.05) is 22.6 Å². The van der Waals surface area contributed by atoms with Gasteiger partial charge in [0.05, 0.1) is 16.6 Å². The van der Waals surface area contributed by atoms with Crippen molar-refractivity contribution in [1.82, 2.24) is 10.2 Å². The van der Waals surface area contributed by atoms with Crippen LogP contribution in [0.3, 0.4) is 0 Å². The Bertz CT molecular complexity index is 847. The van der Waals surface area contributed by atoms with Gasteiger partial charge in [0.25, 0.3) is 5.69 Å². The molecule has 0 aliphatic carbocycles. The zero-order valence-electron chi connectivity index (χ0n) is 10.6. The zero-order chi connectivity index (χ0) is 15.0. The first kappa shape index (κ1) is 13.9. The predicted octanol–water partition coefficient (Wildman–Crippen LogP) is 3.81. The predicted molar refractivity (Wildman–Crippen MR) is 84.7 cm³/mol. The molecule has 21 heavy (non-hydrogen) atoms. The molecule has 3 aromatic rings. The number of H-pyrrole nitrogens is 1. The van der Waals surface area contributed by atoms with Crippen molar-refractivity contribution in [2.75, 3.05) is 0 Å². The van der Waals surface area contributed by atoms with Crippen LogP contribution in [0.25, 0.3) is 10.9 Å². The lowest BCUT2D eigenvalue weighted by molar-refractivity contribution is -0.385. The van der Waals surface area contributed by atoms with Crippen LogP contribution in [-0.2, 0) is 6.42 Å². The molecule has 2 aromatic carbocycles. The van der Waals surface area contributed by atoms with Gasteiger partial charge in [-0.25, -0.2) is 4.39 Å². The minimum Gasteiger partial charge on any atom is -0.278 e. The van der Waals surface area contributed by atoms with Crippen LogP contribution in [0.15, 0.2) is 36.5 Å². The second-order valence-corrected chi connectivity index (χ2v) is 5.81. The fourth-order valence-electron chi connectivity index (χ4n) is 2.28.